The first kappa shape index (κ1) is 11.8. The molecule has 1 saturated carbocycles. The highest BCUT2D eigenvalue weighted by atomic mass is 32.1. The van der Waals surface area contributed by atoms with Crippen molar-refractivity contribution >= 4 is 17.2 Å². The molecule has 1 aliphatic carbocycles. The zero-order chi connectivity index (χ0) is 12.4. The maximum atomic E-state index is 5.94. The number of hydrogen-bond donors (Lipinski definition) is 1. The van der Waals surface area contributed by atoms with Gasteiger partial charge in [-0.25, -0.2) is 0 Å². The predicted molar refractivity (Wildman–Crippen MR) is 74.5 cm³/mol. The first-order chi connectivity index (χ1) is 8.84. The molecule has 2 aromatic heterocycles. The third kappa shape index (κ3) is 2.29. The van der Waals surface area contributed by atoms with Crippen molar-refractivity contribution in [1.82, 2.24) is 5.16 Å². The van der Waals surface area contributed by atoms with Gasteiger partial charge in [0.1, 0.15) is 5.76 Å². The predicted octanol–water partition coefficient (Wildman–Crippen LogP) is 4.11. The summed E-state index contributed by atoms with van der Waals surface area (Å²) in [5, 5.41) is 6.01. The molecule has 0 saturated heterocycles. The molecule has 4 heteroatoms. The van der Waals surface area contributed by atoms with Gasteiger partial charge in [0.15, 0.2) is 5.82 Å². The molecule has 96 valence electrons. The number of anilines is 1. The molecule has 0 bridgehead atoms. The van der Waals surface area contributed by atoms with Crippen LogP contribution in [0, 0.1) is 5.92 Å². The molecule has 2 N–H and O–H groups in total. The minimum absolute atomic E-state index is 0.531. The summed E-state index contributed by atoms with van der Waals surface area (Å²) in [6.45, 7) is 0. The topological polar surface area (TPSA) is 52.0 Å². The molecule has 1 fully saturated rings. The molecule has 0 amide bonds. The van der Waals surface area contributed by atoms with Crippen molar-refractivity contribution in [2.45, 2.75) is 38.5 Å². The Morgan fingerprint density at radius 1 is 1.33 bits per heavy atom. The lowest BCUT2D eigenvalue weighted by Gasteiger charge is -2.20. The third-order valence-electron chi connectivity index (χ3n) is 3.76. The van der Waals surface area contributed by atoms with Crippen molar-refractivity contribution in [2.75, 3.05) is 5.73 Å². The molecule has 0 aliphatic heterocycles. The second-order valence-corrected chi connectivity index (χ2v) is 6.00. The van der Waals surface area contributed by atoms with Gasteiger partial charge in [0.25, 0.3) is 0 Å². The number of nitrogens with zero attached hydrogens (tertiary/aromatic N) is 1. The smallest absolute Gasteiger partial charge is 0.175 e. The summed E-state index contributed by atoms with van der Waals surface area (Å²) in [6.07, 6.45) is 7.68. The van der Waals surface area contributed by atoms with E-state index in [9.17, 15) is 0 Å². The van der Waals surface area contributed by atoms with E-state index in [0.717, 1.165) is 23.7 Å². The largest absolute Gasteiger partial charge is 0.380 e. The molecule has 0 atom stereocenters. The van der Waals surface area contributed by atoms with Gasteiger partial charge >= 0.3 is 0 Å². The fraction of sp³-hybridized carbons (Fsp3) is 0.500. The Morgan fingerprint density at radius 2 is 2.17 bits per heavy atom. The van der Waals surface area contributed by atoms with Gasteiger partial charge in [-0.3, -0.25) is 0 Å². The first-order valence-electron chi connectivity index (χ1n) is 6.62. The quantitative estimate of drug-likeness (QED) is 0.905. The van der Waals surface area contributed by atoms with Gasteiger partial charge in [-0.2, -0.15) is 0 Å². The fourth-order valence-corrected chi connectivity index (χ4v) is 3.61. The van der Waals surface area contributed by atoms with Crippen LogP contribution in [-0.2, 0) is 6.42 Å². The minimum atomic E-state index is 0.531. The van der Waals surface area contributed by atoms with Crippen LogP contribution in [0.4, 0.5) is 5.82 Å². The summed E-state index contributed by atoms with van der Waals surface area (Å²) < 4.78 is 5.45. The zero-order valence-electron chi connectivity index (χ0n) is 10.4. The van der Waals surface area contributed by atoms with E-state index in [1.54, 1.807) is 11.3 Å². The van der Waals surface area contributed by atoms with Crippen molar-refractivity contribution in [3.05, 3.63) is 23.3 Å². The Kier molecular flexibility index (Phi) is 3.37. The summed E-state index contributed by atoms with van der Waals surface area (Å²) in [4.78, 5) is 1.17. The lowest BCUT2D eigenvalue weighted by Crippen LogP contribution is -2.09. The Morgan fingerprint density at radius 3 is 2.89 bits per heavy atom. The molecular formula is C14H18N2OS. The van der Waals surface area contributed by atoms with Gasteiger partial charge in [-0.1, -0.05) is 43.3 Å². The highest BCUT2D eigenvalue weighted by Crippen LogP contribution is 2.36. The Hall–Kier alpha value is -1.29. The van der Waals surface area contributed by atoms with E-state index in [-0.39, 0.29) is 0 Å². The van der Waals surface area contributed by atoms with E-state index < -0.39 is 0 Å². The van der Waals surface area contributed by atoms with E-state index in [4.69, 9.17) is 10.3 Å². The molecule has 1 aliphatic rings. The molecule has 0 radical (unpaired) electrons. The van der Waals surface area contributed by atoms with Crippen LogP contribution in [0.5, 0.6) is 0 Å². The van der Waals surface area contributed by atoms with Crippen molar-refractivity contribution in [3.63, 3.8) is 0 Å². The molecule has 3 rings (SSSR count). The average molecular weight is 262 g/mol. The summed E-state index contributed by atoms with van der Waals surface area (Å²) >= 11 is 1.69. The molecule has 3 nitrogen and oxygen atoms in total. The van der Waals surface area contributed by atoms with Crippen LogP contribution in [0.2, 0.25) is 0 Å². The normalized spacial score (nSPS) is 17.1. The van der Waals surface area contributed by atoms with Gasteiger partial charge in [0.2, 0.25) is 0 Å². The maximum Gasteiger partial charge on any atom is 0.175 e. The SMILES string of the molecule is Nc1noc(CC2CCCCC2)c1-c1cccs1. The van der Waals surface area contributed by atoms with Crippen molar-refractivity contribution < 1.29 is 4.52 Å². The number of aromatic nitrogens is 1. The Labute approximate surface area is 111 Å². The highest BCUT2D eigenvalue weighted by Gasteiger charge is 2.21. The Bertz CT molecular complexity index is 498. The second-order valence-electron chi connectivity index (χ2n) is 5.05. The number of thiophene rings is 1. The number of nitrogens with two attached hydrogens (primary N) is 1. The van der Waals surface area contributed by atoms with Gasteiger partial charge in [-0.05, 0) is 17.4 Å². The summed E-state index contributed by atoms with van der Waals surface area (Å²) in [5.74, 6) is 2.25. The molecular weight excluding hydrogens is 244 g/mol. The van der Waals surface area contributed by atoms with Crippen molar-refractivity contribution in [1.29, 1.82) is 0 Å². The Balaban J connectivity index is 1.84. The highest BCUT2D eigenvalue weighted by molar-refractivity contribution is 7.13. The van der Waals surface area contributed by atoms with Crippen LogP contribution in [0.1, 0.15) is 37.9 Å². The zero-order valence-corrected chi connectivity index (χ0v) is 11.2. The van der Waals surface area contributed by atoms with E-state index in [0.29, 0.717) is 5.82 Å². The summed E-state index contributed by atoms with van der Waals surface area (Å²) in [5.41, 5.74) is 6.96. The monoisotopic (exact) mass is 262 g/mol. The second kappa shape index (κ2) is 5.14. The van der Waals surface area contributed by atoms with Crippen LogP contribution in [0.25, 0.3) is 10.4 Å². The van der Waals surface area contributed by atoms with Gasteiger partial charge < -0.3 is 10.3 Å². The van der Waals surface area contributed by atoms with Gasteiger partial charge in [0, 0.05) is 11.3 Å². The molecule has 0 aromatic carbocycles. The van der Waals surface area contributed by atoms with Crippen LogP contribution in [0.3, 0.4) is 0 Å². The number of nitrogen functional groups attached to an aromatic ring is 1. The molecule has 2 aromatic rings. The summed E-state index contributed by atoms with van der Waals surface area (Å²) in [7, 11) is 0. The van der Waals surface area contributed by atoms with E-state index in [2.05, 4.69) is 16.6 Å². The van der Waals surface area contributed by atoms with E-state index >= 15 is 0 Å². The number of rotatable bonds is 3. The maximum absolute atomic E-state index is 5.94. The standard InChI is InChI=1S/C14H18N2OS/c15-14-13(12-7-4-8-18-12)11(17-16-14)9-10-5-2-1-3-6-10/h4,7-8,10H,1-3,5-6,9H2,(H2,15,16). The van der Waals surface area contributed by atoms with Gasteiger partial charge in [0.05, 0.1) is 5.56 Å². The van der Waals surface area contributed by atoms with Crippen LogP contribution < -0.4 is 5.73 Å². The number of hydrogen-bond acceptors (Lipinski definition) is 4. The fourth-order valence-electron chi connectivity index (χ4n) is 2.82. The van der Waals surface area contributed by atoms with Crippen molar-refractivity contribution in [3.8, 4) is 10.4 Å². The lowest BCUT2D eigenvalue weighted by molar-refractivity contribution is 0.311. The molecule has 18 heavy (non-hydrogen) atoms. The molecule has 0 unspecified atom stereocenters. The van der Waals surface area contributed by atoms with Gasteiger partial charge in [-0.15, -0.1) is 11.3 Å². The summed E-state index contributed by atoms with van der Waals surface area (Å²) in [6, 6.07) is 4.12. The van der Waals surface area contributed by atoms with Crippen LogP contribution in [-0.4, -0.2) is 5.16 Å². The lowest BCUT2D eigenvalue weighted by atomic mass is 9.85. The van der Waals surface area contributed by atoms with E-state index in [1.165, 1.54) is 37.0 Å². The van der Waals surface area contributed by atoms with Crippen LogP contribution >= 0.6 is 11.3 Å². The molecule has 0 spiro atoms. The minimum Gasteiger partial charge on any atom is -0.380 e. The van der Waals surface area contributed by atoms with E-state index in [1.807, 2.05) is 6.07 Å². The van der Waals surface area contributed by atoms with Crippen LogP contribution in [0.15, 0.2) is 22.0 Å². The third-order valence-corrected chi connectivity index (χ3v) is 4.64. The van der Waals surface area contributed by atoms with Crippen molar-refractivity contribution in [2.24, 2.45) is 5.92 Å². The molecule has 2 heterocycles. The average Bonchev–Trinajstić information content (AvgIpc) is 3.01. The first-order valence-corrected chi connectivity index (χ1v) is 7.50.